The molecule has 2 aliphatic carbocycles. The average Bonchev–Trinajstić information content (AvgIpc) is 2.95. The van der Waals surface area contributed by atoms with E-state index in [1.165, 1.54) is 38.5 Å². The topological polar surface area (TPSA) is 26.3 Å². The van der Waals surface area contributed by atoms with Gasteiger partial charge in [0.25, 0.3) is 0 Å². The molecule has 0 aromatic carbocycles. The predicted octanol–water partition coefficient (Wildman–Crippen LogP) is 4.49. The number of unbranched alkanes of at least 4 members (excludes halogenated alkanes) is 1. The van der Waals surface area contributed by atoms with Crippen LogP contribution in [0, 0.1) is 17.8 Å². The Morgan fingerprint density at radius 3 is 2.95 bits per heavy atom. The van der Waals surface area contributed by atoms with Crippen molar-refractivity contribution in [1.82, 2.24) is 0 Å². The third-order valence-corrected chi connectivity index (χ3v) is 4.83. The van der Waals surface area contributed by atoms with E-state index in [-0.39, 0.29) is 5.97 Å². The SMILES string of the molecule is CCCCC1=C[C@H]2CCC[C@H]2[C@@H]1CCC(=O)OCC. The number of carbonyl (C=O) groups is 1. The first-order valence-electron chi connectivity index (χ1n) is 8.12. The Balaban J connectivity index is 1.91. The normalized spacial score (nSPS) is 29.2. The zero-order chi connectivity index (χ0) is 13.7. The maximum atomic E-state index is 11.6. The van der Waals surface area contributed by atoms with Crippen molar-refractivity contribution in [2.75, 3.05) is 6.61 Å². The molecule has 2 heteroatoms. The van der Waals surface area contributed by atoms with Gasteiger partial charge in [0.15, 0.2) is 0 Å². The molecule has 1 saturated carbocycles. The molecule has 0 aliphatic heterocycles. The Kier molecular flexibility index (Phi) is 5.47. The van der Waals surface area contributed by atoms with E-state index in [2.05, 4.69) is 13.0 Å². The number of fused-ring (bicyclic) bond motifs is 1. The molecule has 0 spiro atoms. The summed E-state index contributed by atoms with van der Waals surface area (Å²) in [6.45, 7) is 4.64. The summed E-state index contributed by atoms with van der Waals surface area (Å²) < 4.78 is 5.07. The van der Waals surface area contributed by atoms with Crippen molar-refractivity contribution in [2.24, 2.45) is 17.8 Å². The number of ether oxygens (including phenoxy) is 1. The fourth-order valence-corrected chi connectivity index (χ4v) is 3.95. The molecule has 0 heterocycles. The van der Waals surface area contributed by atoms with Crippen LogP contribution in [0.2, 0.25) is 0 Å². The number of hydrogen-bond donors (Lipinski definition) is 0. The minimum Gasteiger partial charge on any atom is -0.466 e. The summed E-state index contributed by atoms with van der Waals surface area (Å²) in [7, 11) is 0. The smallest absolute Gasteiger partial charge is 0.305 e. The fourth-order valence-electron chi connectivity index (χ4n) is 3.95. The first-order valence-corrected chi connectivity index (χ1v) is 8.12. The van der Waals surface area contributed by atoms with Crippen molar-refractivity contribution in [3.63, 3.8) is 0 Å². The lowest BCUT2D eigenvalue weighted by molar-refractivity contribution is -0.143. The van der Waals surface area contributed by atoms with Gasteiger partial charge in [-0.15, -0.1) is 0 Å². The van der Waals surface area contributed by atoms with Crippen molar-refractivity contribution in [3.8, 4) is 0 Å². The molecule has 2 nitrogen and oxygen atoms in total. The van der Waals surface area contributed by atoms with Crippen LogP contribution in [-0.2, 0) is 9.53 Å². The Hall–Kier alpha value is -0.790. The van der Waals surface area contributed by atoms with Gasteiger partial charge in [0.2, 0.25) is 0 Å². The van der Waals surface area contributed by atoms with Crippen LogP contribution in [-0.4, -0.2) is 12.6 Å². The van der Waals surface area contributed by atoms with Crippen molar-refractivity contribution in [1.29, 1.82) is 0 Å². The van der Waals surface area contributed by atoms with Gasteiger partial charge in [0.1, 0.15) is 0 Å². The molecule has 0 aromatic rings. The zero-order valence-corrected chi connectivity index (χ0v) is 12.5. The number of carbonyl (C=O) groups excluding carboxylic acids is 1. The van der Waals surface area contributed by atoms with Gasteiger partial charge >= 0.3 is 5.97 Å². The van der Waals surface area contributed by atoms with Gasteiger partial charge in [-0.05, 0) is 56.8 Å². The van der Waals surface area contributed by atoms with E-state index in [1.807, 2.05) is 6.92 Å². The van der Waals surface area contributed by atoms with E-state index < -0.39 is 0 Å². The molecule has 0 saturated heterocycles. The van der Waals surface area contributed by atoms with Crippen LogP contribution in [0.1, 0.15) is 65.2 Å². The second-order valence-corrected chi connectivity index (χ2v) is 6.05. The summed E-state index contributed by atoms with van der Waals surface area (Å²) in [6, 6.07) is 0. The molecule has 2 rings (SSSR count). The summed E-state index contributed by atoms with van der Waals surface area (Å²) in [5.74, 6) is 2.31. The van der Waals surface area contributed by atoms with E-state index in [9.17, 15) is 4.79 Å². The molecular weight excluding hydrogens is 236 g/mol. The Labute approximate surface area is 117 Å². The molecule has 3 atom stereocenters. The molecule has 0 aromatic heterocycles. The van der Waals surface area contributed by atoms with Crippen molar-refractivity contribution < 1.29 is 9.53 Å². The van der Waals surface area contributed by atoms with Crippen LogP contribution < -0.4 is 0 Å². The minimum absolute atomic E-state index is 0.0150. The lowest BCUT2D eigenvalue weighted by atomic mass is 9.83. The number of rotatable bonds is 7. The molecule has 0 unspecified atom stereocenters. The molecule has 108 valence electrons. The van der Waals surface area contributed by atoms with Gasteiger partial charge in [-0.2, -0.15) is 0 Å². The largest absolute Gasteiger partial charge is 0.466 e. The highest BCUT2D eigenvalue weighted by molar-refractivity contribution is 5.69. The summed E-state index contributed by atoms with van der Waals surface area (Å²) in [5, 5.41) is 0. The third kappa shape index (κ3) is 3.61. The highest BCUT2D eigenvalue weighted by Crippen LogP contribution is 2.49. The summed E-state index contributed by atoms with van der Waals surface area (Å²) in [4.78, 5) is 11.6. The molecule has 0 N–H and O–H groups in total. The van der Waals surface area contributed by atoms with Gasteiger partial charge in [0, 0.05) is 6.42 Å². The average molecular weight is 264 g/mol. The van der Waals surface area contributed by atoms with Gasteiger partial charge in [-0.25, -0.2) is 0 Å². The van der Waals surface area contributed by atoms with E-state index in [0.717, 1.165) is 18.3 Å². The lowest BCUT2D eigenvalue weighted by Crippen LogP contribution is -2.15. The lowest BCUT2D eigenvalue weighted by Gasteiger charge is -2.22. The summed E-state index contributed by atoms with van der Waals surface area (Å²) >= 11 is 0. The Bertz CT molecular complexity index is 332. The van der Waals surface area contributed by atoms with Crippen LogP contribution in [0.4, 0.5) is 0 Å². The number of allylic oxidation sites excluding steroid dienone is 2. The van der Waals surface area contributed by atoms with Crippen LogP contribution in [0.15, 0.2) is 11.6 Å². The molecule has 0 radical (unpaired) electrons. The van der Waals surface area contributed by atoms with E-state index in [1.54, 1.807) is 5.57 Å². The van der Waals surface area contributed by atoms with Crippen LogP contribution in [0.5, 0.6) is 0 Å². The molecule has 0 amide bonds. The summed E-state index contributed by atoms with van der Waals surface area (Å²) in [5.41, 5.74) is 1.65. The second kappa shape index (κ2) is 7.12. The Morgan fingerprint density at radius 2 is 2.21 bits per heavy atom. The van der Waals surface area contributed by atoms with E-state index in [4.69, 9.17) is 4.74 Å². The highest BCUT2D eigenvalue weighted by Gasteiger charge is 2.39. The van der Waals surface area contributed by atoms with Crippen LogP contribution >= 0.6 is 0 Å². The van der Waals surface area contributed by atoms with Gasteiger partial charge in [-0.3, -0.25) is 4.79 Å². The quantitative estimate of drug-likeness (QED) is 0.500. The first kappa shape index (κ1) is 14.6. The van der Waals surface area contributed by atoms with Crippen LogP contribution in [0.25, 0.3) is 0 Å². The van der Waals surface area contributed by atoms with Crippen LogP contribution in [0.3, 0.4) is 0 Å². The van der Waals surface area contributed by atoms with E-state index >= 15 is 0 Å². The first-order chi connectivity index (χ1) is 9.26. The predicted molar refractivity (Wildman–Crippen MR) is 77.8 cm³/mol. The fraction of sp³-hybridized carbons (Fsp3) is 0.824. The van der Waals surface area contributed by atoms with Gasteiger partial charge < -0.3 is 4.74 Å². The highest BCUT2D eigenvalue weighted by atomic mass is 16.5. The zero-order valence-electron chi connectivity index (χ0n) is 12.5. The molecule has 0 bridgehead atoms. The van der Waals surface area contributed by atoms with Crippen molar-refractivity contribution in [2.45, 2.75) is 65.2 Å². The van der Waals surface area contributed by atoms with E-state index in [0.29, 0.717) is 18.9 Å². The van der Waals surface area contributed by atoms with Crippen molar-refractivity contribution in [3.05, 3.63) is 11.6 Å². The molecule has 19 heavy (non-hydrogen) atoms. The standard InChI is InChI=1S/C17H28O2/c1-3-5-7-13-12-14-8-6-9-15(14)16(13)10-11-17(18)19-4-2/h12,14-16H,3-11H2,1-2H3/t14-,15-,16-/m1/s1. The summed E-state index contributed by atoms with van der Waals surface area (Å²) in [6.07, 6.45) is 12.1. The molecule has 1 fully saturated rings. The monoisotopic (exact) mass is 264 g/mol. The third-order valence-electron chi connectivity index (χ3n) is 4.83. The maximum absolute atomic E-state index is 11.6. The maximum Gasteiger partial charge on any atom is 0.305 e. The second-order valence-electron chi connectivity index (χ2n) is 6.05. The Morgan fingerprint density at radius 1 is 1.37 bits per heavy atom. The van der Waals surface area contributed by atoms with Gasteiger partial charge in [-0.1, -0.05) is 31.4 Å². The number of hydrogen-bond acceptors (Lipinski definition) is 2. The van der Waals surface area contributed by atoms with Crippen molar-refractivity contribution >= 4 is 5.97 Å². The number of esters is 1. The van der Waals surface area contributed by atoms with Gasteiger partial charge in [0.05, 0.1) is 6.61 Å². The minimum atomic E-state index is -0.0150. The molecular formula is C17H28O2. The molecule has 2 aliphatic rings.